The number of halogens is 3. The first-order valence-electron chi connectivity index (χ1n) is 9.45. The summed E-state index contributed by atoms with van der Waals surface area (Å²) >= 11 is 14.3. The molecule has 0 aliphatic rings. The summed E-state index contributed by atoms with van der Waals surface area (Å²) in [6.45, 7) is 4.20. The molecular weight excluding hydrogens is 481 g/mol. The average Bonchev–Trinajstić information content (AvgIpc) is 3.13. The van der Waals surface area contributed by atoms with Crippen LogP contribution in [0.3, 0.4) is 0 Å². The van der Waals surface area contributed by atoms with Crippen LogP contribution in [-0.4, -0.2) is 39.1 Å². The van der Waals surface area contributed by atoms with Gasteiger partial charge in [0, 0.05) is 36.5 Å². The van der Waals surface area contributed by atoms with Gasteiger partial charge < -0.3 is 14.8 Å². The summed E-state index contributed by atoms with van der Waals surface area (Å²) < 4.78 is 13.4. The molecule has 0 spiro atoms. The lowest BCUT2D eigenvalue weighted by atomic mass is 10.2. The summed E-state index contributed by atoms with van der Waals surface area (Å²) in [5.74, 6) is 1.99. The van der Waals surface area contributed by atoms with Gasteiger partial charge in [-0.3, -0.25) is 0 Å². The third kappa shape index (κ3) is 7.43. The van der Waals surface area contributed by atoms with Gasteiger partial charge in [-0.15, -0.1) is 17.5 Å². The van der Waals surface area contributed by atoms with Crippen LogP contribution in [0.4, 0.5) is 0 Å². The zero-order valence-electron chi connectivity index (χ0n) is 17.2. The smallest absolute Gasteiger partial charge is 0.209 e. The van der Waals surface area contributed by atoms with Crippen molar-refractivity contribution >= 4 is 47.4 Å². The first-order chi connectivity index (χ1) is 14.6. The van der Waals surface area contributed by atoms with Crippen LogP contribution in [0.5, 0.6) is 11.5 Å². The summed E-state index contributed by atoms with van der Waals surface area (Å²) in [5, 5.41) is 16.7. The second kappa shape index (κ2) is 13.0. The lowest BCUT2D eigenvalue weighted by Gasteiger charge is -2.16. The van der Waals surface area contributed by atoms with Crippen LogP contribution in [0.1, 0.15) is 18.1 Å². The number of nitrogens with one attached hydrogen (secondary N) is 1. The van der Waals surface area contributed by atoms with Crippen LogP contribution in [0.15, 0.2) is 41.6 Å². The number of ether oxygens (including phenoxy) is 2. The van der Waals surface area contributed by atoms with E-state index in [1.165, 1.54) is 0 Å². The van der Waals surface area contributed by atoms with Gasteiger partial charge in [0.25, 0.3) is 0 Å². The Kier molecular flexibility index (Phi) is 10.7. The number of nitrogens with zero attached hydrogens (tertiary/aromatic N) is 4. The number of rotatable bonds is 11. The molecule has 0 bridgehead atoms. The number of hydrogen-bond donors (Lipinski definition) is 1. The summed E-state index contributed by atoms with van der Waals surface area (Å²) in [7, 11) is 1.82. The van der Waals surface area contributed by atoms with E-state index in [2.05, 4.69) is 20.8 Å². The van der Waals surface area contributed by atoms with Gasteiger partial charge in [-0.2, -0.15) is 0 Å². The molecule has 0 aliphatic carbocycles. The molecule has 168 valence electrons. The third-order valence-electron chi connectivity index (χ3n) is 4.12. The predicted molar refractivity (Wildman–Crippen MR) is 127 cm³/mol. The van der Waals surface area contributed by atoms with Crippen LogP contribution in [0.25, 0.3) is 0 Å². The average molecular weight is 505 g/mol. The summed E-state index contributed by atoms with van der Waals surface area (Å²) in [6, 6.07) is 11.4. The molecular formula is C20H24Cl3N5O2S. The number of benzene rings is 2. The zero-order chi connectivity index (χ0) is 21.3. The molecule has 1 heterocycles. The molecule has 31 heavy (non-hydrogen) atoms. The molecule has 1 N–H and O–H groups in total. The van der Waals surface area contributed by atoms with Gasteiger partial charge in [0.15, 0.2) is 11.5 Å². The van der Waals surface area contributed by atoms with Crippen molar-refractivity contribution in [1.29, 1.82) is 0 Å². The number of thioether (sulfide) groups is 1. The number of hydrogen-bond acceptors (Lipinski definition) is 7. The Bertz CT molecular complexity index is 974. The summed E-state index contributed by atoms with van der Waals surface area (Å²) in [4.78, 5) is 0. The van der Waals surface area contributed by atoms with Crippen LogP contribution in [0, 0.1) is 0 Å². The number of aryl methyl sites for hydroxylation is 1. The minimum atomic E-state index is 0. The van der Waals surface area contributed by atoms with Gasteiger partial charge in [-0.25, -0.2) is 4.68 Å². The van der Waals surface area contributed by atoms with E-state index in [1.807, 2.05) is 50.4 Å². The minimum Gasteiger partial charge on any atom is -0.490 e. The minimum absolute atomic E-state index is 0. The molecule has 3 aromatic rings. The largest absolute Gasteiger partial charge is 0.490 e. The molecule has 0 aliphatic heterocycles. The second-order valence-electron chi connectivity index (χ2n) is 6.33. The Morgan fingerprint density at radius 2 is 1.94 bits per heavy atom. The van der Waals surface area contributed by atoms with Crippen molar-refractivity contribution in [3.63, 3.8) is 0 Å². The Balaban J connectivity index is 0.00000341. The molecule has 3 rings (SSSR count). The van der Waals surface area contributed by atoms with Gasteiger partial charge in [-0.05, 0) is 41.1 Å². The van der Waals surface area contributed by atoms with E-state index in [0.29, 0.717) is 41.3 Å². The molecule has 0 saturated heterocycles. The standard InChI is InChI=1S/C20H23Cl2N5O2S.ClH/c1-3-28-18-11-14(12-23-8-9-30-20-24-25-26-27(20)2)10-17(22)19(18)29-13-15-6-4-5-7-16(15)21;/h4-7,10-11,23H,3,8-9,12-13H2,1-2H3;1H. The van der Waals surface area contributed by atoms with E-state index in [9.17, 15) is 0 Å². The van der Waals surface area contributed by atoms with E-state index < -0.39 is 0 Å². The van der Waals surface area contributed by atoms with Gasteiger partial charge >= 0.3 is 0 Å². The Hall–Kier alpha value is -1.71. The highest BCUT2D eigenvalue weighted by Crippen LogP contribution is 2.37. The highest BCUT2D eigenvalue weighted by atomic mass is 35.5. The topological polar surface area (TPSA) is 74.1 Å². The van der Waals surface area contributed by atoms with Gasteiger partial charge in [0.2, 0.25) is 5.16 Å². The third-order valence-corrected chi connectivity index (χ3v) is 5.78. The van der Waals surface area contributed by atoms with Crippen molar-refractivity contribution in [1.82, 2.24) is 25.5 Å². The molecule has 0 atom stereocenters. The predicted octanol–water partition coefficient (Wildman–Crippen LogP) is 4.80. The molecule has 7 nitrogen and oxygen atoms in total. The molecule has 1 aromatic heterocycles. The van der Waals surface area contributed by atoms with E-state index in [0.717, 1.165) is 28.6 Å². The molecule has 0 radical (unpaired) electrons. The van der Waals surface area contributed by atoms with E-state index in [1.54, 1.807) is 16.4 Å². The SMILES string of the molecule is CCOc1cc(CNCCSc2nnnn2C)cc(Cl)c1OCc1ccccc1Cl.Cl. The van der Waals surface area contributed by atoms with Gasteiger partial charge in [0.1, 0.15) is 6.61 Å². The van der Waals surface area contributed by atoms with Crippen molar-refractivity contribution < 1.29 is 9.47 Å². The van der Waals surface area contributed by atoms with Crippen LogP contribution < -0.4 is 14.8 Å². The highest BCUT2D eigenvalue weighted by Gasteiger charge is 2.14. The second-order valence-corrected chi connectivity index (χ2v) is 8.20. The Labute approximate surface area is 202 Å². The Morgan fingerprint density at radius 3 is 2.65 bits per heavy atom. The first kappa shape index (κ1) is 25.5. The van der Waals surface area contributed by atoms with Crippen LogP contribution >= 0.6 is 47.4 Å². The Morgan fingerprint density at radius 1 is 1.13 bits per heavy atom. The van der Waals surface area contributed by atoms with Crippen LogP contribution in [0.2, 0.25) is 10.0 Å². The zero-order valence-corrected chi connectivity index (χ0v) is 20.3. The number of tetrazole rings is 1. The summed E-state index contributed by atoms with van der Waals surface area (Å²) in [5.41, 5.74) is 1.90. The van der Waals surface area contributed by atoms with E-state index >= 15 is 0 Å². The van der Waals surface area contributed by atoms with Crippen molar-refractivity contribution in [3.05, 3.63) is 57.6 Å². The van der Waals surface area contributed by atoms with Crippen LogP contribution in [-0.2, 0) is 20.2 Å². The monoisotopic (exact) mass is 503 g/mol. The lowest BCUT2D eigenvalue weighted by Crippen LogP contribution is -2.17. The number of aromatic nitrogens is 4. The maximum atomic E-state index is 6.51. The molecule has 11 heteroatoms. The maximum absolute atomic E-state index is 6.51. The van der Waals surface area contributed by atoms with Crippen molar-refractivity contribution in [3.8, 4) is 11.5 Å². The first-order valence-corrected chi connectivity index (χ1v) is 11.2. The fourth-order valence-electron chi connectivity index (χ4n) is 2.68. The van der Waals surface area contributed by atoms with Gasteiger partial charge in [0.05, 0.1) is 11.6 Å². The van der Waals surface area contributed by atoms with E-state index in [-0.39, 0.29) is 12.4 Å². The van der Waals surface area contributed by atoms with Crippen molar-refractivity contribution in [2.45, 2.75) is 25.2 Å². The van der Waals surface area contributed by atoms with Crippen molar-refractivity contribution in [2.24, 2.45) is 7.05 Å². The van der Waals surface area contributed by atoms with E-state index in [4.69, 9.17) is 32.7 Å². The van der Waals surface area contributed by atoms with Gasteiger partial charge in [-0.1, -0.05) is 53.2 Å². The molecule has 0 saturated carbocycles. The maximum Gasteiger partial charge on any atom is 0.209 e. The fraction of sp³-hybridized carbons (Fsp3) is 0.350. The molecule has 0 fully saturated rings. The highest BCUT2D eigenvalue weighted by molar-refractivity contribution is 7.99. The summed E-state index contributed by atoms with van der Waals surface area (Å²) in [6.07, 6.45) is 0. The fourth-order valence-corrected chi connectivity index (χ4v) is 3.91. The molecule has 0 amide bonds. The normalized spacial score (nSPS) is 10.6. The molecule has 2 aromatic carbocycles. The molecule has 0 unspecified atom stereocenters. The quantitative estimate of drug-likeness (QED) is 0.297. The lowest BCUT2D eigenvalue weighted by molar-refractivity contribution is 0.269. The van der Waals surface area contributed by atoms with Crippen molar-refractivity contribution in [2.75, 3.05) is 18.9 Å².